The van der Waals surface area contributed by atoms with Crippen molar-refractivity contribution in [1.82, 2.24) is 0 Å². The van der Waals surface area contributed by atoms with E-state index in [9.17, 15) is 0 Å². The maximum atomic E-state index is 6.79. The highest BCUT2D eigenvalue weighted by Crippen LogP contribution is 2.41. The number of ether oxygens (including phenoxy) is 7. The first-order chi connectivity index (χ1) is 26.1. The minimum absolute atomic E-state index is 0.0168. The van der Waals surface area contributed by atoms with Gasteiger partial charge in [-0.2, -0.15) is 0 Å². The van der Waals surface area contributed by atoms with Crippen LogP contribution in [-0.4, -0.2) is 51.6 Å². The van der Waals surface area contributed by atoms with E-state index in [4.69, 9.17) is 33.2 Å². The number of benzene rings is 2. The van der Waals surface area contributed by atoms with Crippen molar-refractivity contribution in [3.05, 3.63) is 71.8 Å². The number of rotatable bonds is 36. The first kappa shape index (κ1) is 47.3. The van der Waals surface area contributed by atoms with Gasteiger partial charge in [-0.25, -0.2) is 0 Å². The van der Waals surface area contributed by atoms with E-state index in [1.807, 2.05) is 12.1 Å². The molecule has 0 N–H and O–H groups in total. The summed E-state index contributed by atoms with van der Waals surface area (Å²) in [4.78, 5) is 0. The van der Waals surface area contributed by atoms with Crippen molar-refractivity contribution in [3.8, 4) is 0 Å². The molecule has 0 heterocycles. The van der Waals surface area contributed by atoms with E-state index in [1.54, 1.807) is 0 Å². The molecule has 0 aromatic heterocycles. The van der Waals surface area contributed by atoms with Gasteiger partial charge in [-0.05, 0) is 49.7 Å². The Morgan fingerprint density at radius 2 is 0.717 bits per heavy atom. The second kappa shape index (κ2) is 30.4. The largest absolute Gasteiger partial charge is 0.347 e. The molecule has 0 bridgehead atoms. The molecule has 0 aliphatic rings. The smallest absolute Gasteiger partial charge is 0.199 e. The van der Waals surface area contributed by atoms with Crippen molar-refractivity contribution in [3.63, 3.8) is 0 Å². The van der Waals surface area contributed by atoms with Crippen LogP contribution in [-0.2, 0) is 33.2 Å². The Bertz CT molecular complexity index is 976. The van der Waals surface area contributed by atoms with Gasteiger partial charge in [0.15, 0.2) is 25.2 Å². The van der Waals surface area contributed by atoms with Crippen molar-refractivity contribution < 1.29 is 33.2 Å². The average Bonchev–Trinajstić information content (AvgIpc) is 3.18. The standard InChI is InChI=1S/C46H78O7/c1-7-13-19-27-33-45(50-35-15-9-3,51-36-16-10-4)43(41-29-23-21-24-30-41)48-39-47-40-49-44(42-31-25-22-26-32-42)46(52-37-17-11-5,53-38-18-12-6)34-28-20-14-8-2/h21-26,29-32,43-44H,7-20,27-28,33-40H2,1-6H3. The van der Waals surface area contributed by atoms with Gasteiger partial charge in [-0.3, -0.25) is 0 Å². The summed E-state index contributed by atoms with van der Waals surface area (Å²) in [7, 11) is 0. The third-order valence-electron chi connectivity index (χ3n) is 9.77. The Balaban J connectivity index is 2.38. The molecule has 0 aliphatic heterocycles. The fourth-order valence-electron chi connectivity index (χ4n) is 6.57. The molecule has 0 fully saturated rings. The van der Waals surface area contributed by atoms with Crippen LogP contribution < -0.4 is 0 Å². The van der Waals surface area contributed by atoms with Crippen molar-refractivity contribution in [2.45, 2.75) is 181 Å². The first-order valence-corrected chi connectivity index (χ1v) is 21.5. The number of unbranched alkanes of at least 4 members (excludes halogenated alkanes) is 10. The molecule has 0 aliphatic carbocycles. The zero-order valence-corrected chi connectivity index (χ0v) is 34.8. The quantitative estimate of drug-likeness (QED) is 0.0509. The average molecular weight is 743 g/mol. The molecule has 0 saturated heterocycles. The predicted molar refractivity (Wildman–Crippen MR) is 218 cm³/mol. The van der Waals surface area contributed by atoms with E-state index < -0.39 is 23.8 Å². The van der Waals surface area contributed by atoms with Gasteiger partial charge in [0.1, 0.15) is 12.2 Å². The van der Waals surface area contributed by atoms with Gasteiger partial charge in [0, 0.05) is 12.8 Å². The lowest BCUT2D eigenvalue weighted by molar-refractivity contribution is -0.327. The van der Waals surface area contributed by atoms with E-state index >= 15 is 0 Å². The Morgan fingerprint density at radius 1 is 0.396 bits per heavy atom. The van der Waals surface area contributed by atoms with Crippen LogP contribution in [0.15, 0.2) is 60.7 Å². The van der Waals surface area contributed by atoms with Gasteiger partial charge in [0.05, 0.1) is 26.4 Å². The lowest BCUT2D eigenvalue weighted by Gasteiger charge is -2.41. The monoisotopic (exact) mass is 743 g/mol. The van der Waals surface area contributed by atoms with Crippen LogP contribution in [0.5, 0.6) is 0 Å². The van der Waals surface area contributed by atoms with E-state index in [-0.39, 0.29) is 13.6 Å². The SMILES string of the molecule is CCCCCCC(OCCCC)(OCCCC)C(OCOCOC(c1ccccc1)C(CCCCCC)(OCCCC)OCCCC)c1ccccc1. The summed E-state index contributed by atoms with van der Waals surface area (Å²) in [6.07, 6.45) is 17.5. The molecule has 7 nitrogen and oxygen atoms in total. The zero-order valence-electron chi connectivity index (χ0n) is 34.8. The fourth-order valence-corrected chi connectivity index (χ4v) is 6.57. The van der Waals surface area contributed by atoms with Crippen LogP contribution in [0.3, 0.4) is 0 Å². The molecule has 0 amide bonds. The van der Waals surface area contributed by atoms with E-state index in [2.05, 4.69) is 90.1 Å². The minimum Gasteiger partial charge on any atom is -0.347 e. The third-order valence-corrected chi connectivity index (χ3v) is 9.77. The summed E-state index contributed by atoms with van der Waals surface area (Å²) >= 11 is 0. The molecule has 2 rings (SSSR count). The first-order valence-electron chi connectivity index (χ1n) is 21.5. The van der Waals surface area contributed by atoms with Crippen molar-refractivity contribution in [2.75, 3.05) is 40.0 Å². The van der Waals surface area contributed by atoms with Crippen LogP contribution in [0.1, 0.15) is 180 Å². The summed E-state index contributed by atoms with van der Waals surface area (Å²) in [5, 5.41) is 0. The summed E-state index contributed by atoms with van der Waals surface area (Å²) < 4.78 is 46.9. The van der Waals surface area contributed by atoms with Gasteiger partial charge >= 0.3 is 0 Å². The Labute approximate surface area is 325 Å². The van der Waals surface area contributed by atoms with Gasteiger partial charge in [0.2, 0.25) is 0 Å². The molecule has 0 spiro atoms. The van der Waals surface area contributed by atoms with Crippen molar-refractivity contribution in [1.29, 1.82) is 0 Å². The van der Waals surface area contributed by atoms with Gasteiger partial charge < -0.3 is 33.2 Å². The normalized spacial score (nSPS) is 13.4. The summed E-state index contributed by atoms with van der Waals surface area (Å²) in [5.41, 5.74) is 2.03. The molecule has 0 saturated carbocycles. The molecule has 0 radical (unpaired) electrons. The fraction of sp³-hybridized carbons (Fsp3) is 0.739. The second-order valence-electron chi connectivity index (χ2n) is 14.4. The van der Waals surface area contributed by atoms with E-state index in [0.29, 0.717) is 26.4 Å². The van der Waals surface area contributed by atoms with Crippen LogP contribution >= 0.6 is 0 Å². The molecule has 53 heavy (non-hydrogen) atoms. The molecule has 2 unspecified atom stereocenters. The molecular weight excluding hydrogens is 664 g/mol. The van der Waals surface area contributed by atoms with Gasteiger partial charge in [0.25, 0.3) is 0 Å². The van der Waals surface area contributed by atoms with Crippen LogP contribution in [0, 0.1) is 0 Å². The highest BCUT2D eigenvalue weighted by atomic mass is 16.8. The number of hydrogen-bond donors (Lipinski definition) is 0. The molecule has 7 heteroatoms. The highest BCUT2D eigenvalue weighted by molar-refractivity contribution is 5.21. The lowest BCUT2D eigenvalue weighted by Crippen LogP contribution is -2.45. The molecule has 2 aromatic carbocycles. The van der Waals surface area contributed by atoms with Crippen molar-refractivity contribution in [2.24, 2.45) is 0 Å². The maximum Gasteiger partial charge on any atom is 0.199 e. The van der Waals surface area contributed by atoms with E-state index in [1.165, 1.54) is 25.7 Å². The molecule has 2 aromatic rings. The highest BCUT2D eigenvalue weighted by Gasteiger charge is 2.44. The van der Waals surface area contributed by atoms with Gasteiger partial charge in [-0.1, -0.05) is 166 Å². The molecule has 304 valence electrons. The predicted octanol–water partition coefficient (Wildman–Crippen LogP) is 13.0. The maximum absolute atomic E-state index is 6.79. The van der Waals surface area contributed by atoms with Crippen LogP contribution in [0.2, 0.25) is 0 Å². The zero-order chi connectivity index (χ0) is 38.3. The Hall–Kier alpha value is -1.84. The minimum atomic E-state index is -0.926. The van der Waals surface area contributed by atoms with Crippen LogP contribution in [0.25, 0.3) is 0 Å². The summed E-state index contributed by atoms with van der Waals surface area (Å²) in [6.45, 7) is 15.7. The summed E-state index contributed by atoms with van der Waals surface area (Å²) in [6, 6.07) is 20.7. The Morgan fingerprint density at radius 3 is 1.02 bits per heavy atom. The van der Waals surface area contributed by atoms with Crippen molar-refractivity contribution >= 4 is 0 Å². The van der Waals surface area contributed by atoms with E-state index in [0.717, 1.165) is 101 Å². The summed E-state index contributed by atoms with van der Waals surface area (Å²) in [5.74, 6) is -1.85. The second-order valence-corrected chi connectivity index (χ2v) is 14.4. The topological polar surface area (TPSA) is 64.6 Å². The molecular formula is C46H78O7. The number of hydrogen-bond acceptors (Lipinski definition) is 7. The Kier molecular flexibility index (Phi) is 27.1. The lowest BCUT2D eigenvalue weighted by atomic mass is 9.95. The molecule has 2 atom stereocenters. The van der Waals surface area contributed by atoms with Gasteiger partial charge in [-0.15, -0.1) is 0 Å². The third kappa shape index (κ3) is 18.1. The van der Waals surface area contributed by atoms with Crippen LogP contribution in [0.4, 0.5) is 0 Å².